The van der Waals surface area contributed by atoms with Crippen LogP contribution >= 0.6 is 23.1 Å². The van der Waals surface area contributed by atoms with E-state index in [1.54, 1.807) is 13.0 Å². The summed E-state index contributed by atoms with van der Waals surface area (Å²) in [5, 5.41) is 2.20. The quantitative estimate of drug-likeness (QED) is 0.377. The summed E-state index contributed by atoms with van der Waals surface area (Å²) in [7, 11) is 0. The highest BCUT2D eigenvalue weighted by Crippen LogP contribution is 2.19. The number of thiophene rings is 1. The summed E-state index contributed by atoms with van der Waals surface area (Å²) in [5.41, 5.74) is 5.84. The Hall–Kier alpha value is -1.93. The first kappa shape index (κ1) is 15.5. The molecule has 0 aliphatic heterocycles. The van der Waals surface area contributed by atoms with E-state index in [-0.39, 0.29) is 29.5 Å². The second kappa shape index (κ2) is 7.19. The van der Waals surface area contributed by atoms with Gasteiger partial charge in [-0.3, -0.25) is 4.79 Å². The van der Waals surface area contributed by atoms with Gasteiger partial charge in [0.05, 0.1) is 17.2 Å². The van der Waals surface area contributed by atoms with Crippen molar-refractivity contribution in [1.29, 1.82) is 0 Å². The number of rotatable bonds is 6. The lowest BCUT2D eigenvalue weighted by atomic mass is 10.3. The Kier molecular flexibility index (Phi) is 5.29. The van der Waals surface area contributed by atoms with Crippen LogP contribution < -0.4 is 5.73 Å². The summed E-state index contributed by atoms with van der Waals surface area (Å²) >= 11 is 2.57. The van der Waals surface area contributed by atoms with Crippen LogP contribution in [0.2, 0.25) is 0 Å². The van der Waals surface area contributed by atoms with Crippen molar-refractivity contribution in [3.8, 4) is 0 Å². The Morgan fingerprint density at radius 3 is 2.90 bits per heavy atom. The minimum absolute atomic E-state index is 0.00615. The molecule has 0 saturated carbocycles. The zero-order valence-corrected chi connectivity index (χ0v) is 12.9. The van der Waals surface area contributed by atoms with Gasteiger partial charge in [0.1, 0.15) is 11.4 Å². The minimum atomic E-state index is -0.554. The zero-order chi connectivity index (χ0) is 15.2. The number of Topliss-reactive ketones (excluding diaryl/α,β-unsaturated/α-hetero) is 1. The molecule has 0 radical (unpaired) electrons. The van der Waals surface area contributed by atoms with Crippen LogP contribution in [0.15, 0.2) is 28.9 Å². The molecule has 0 unspecified atom stereocenters. The van der Waals surface area contributed by atoms with Crippen molar-refractivity contribution >= 4 is 40.7 Å². The Morgan fingerprint density at radius 1 is 1.48 bits per heavy atom. The van der Waals surface area contributed by atoms with Gasteiger partial charge in [-0.15, -0.1) is 11.3 Å². The average molecular weight is 323 g/mol. The van der Waals surface area contributed by atoms with Crippen LogP contribution in [0, 0.1) is 0 Å². The Balaban J connectivity index is 2.00. The molecule has 0 fully saturated rings. The molecule has 2 N–H and O–H groups in total. The zero-order valence-electron chi connectivity index (χ0n) is 11.2. The van der Waals surface area contributed by atoms with Crippen LogP contribution in [0.3, 0.4) is 0 Å². The van der Waals surface area contributed by atoms with E-state index in [1.165, 1.54) is 29.3 Å². The summed E-state index contributed by atoms with van der Waals surface area (Å²) < 4.78 is 4.84. The number of carbonyl (C=O) groups excluding carboxylic acids is 2. The molecule has 0 aromatic carbocycles. The van der Waals surface area contributed by atoms with Crippen molar-refractivity contribution in [3.05, 3.63) is 34.2 Å². The van der Waals surface area contributed by atoms with Crippen molar-refractivity contribution in [2.45, 2.75) is 12.1 Å². The second-order valence-electron chi connectivity index (χ2n) is 3.86. The Labute approximate surface area is 129 Å². The fourth-order valence-electron chi connectivity index (χ4n) is 1.45. The lowest BCUT2D eigenvalue weighted by Gasteiger charge is -2.05. The largest absolute Gasteiger partial charge is 0.462 e. The van der Waals surface area contributed by atoms with Crippen molar-refractivity contribution in [2.24, 2.45) is 0 Å². The van der Waals surface area contributed by atoms with Crippen LogP contribution in [-0.2, 0) is 4.74 Å². The number of aromatic nitrogens is 2. The molecule has 2 aromatic heterocycles. The highest BCUT2D eigenvalue weighted by Gasteiger charge is 2.15. The summed E-state index contributed by atoms with van der Waals surface area (Å²) in [4.78, 5) is 32.1. The van der Waals surface area contributed by atoms with Crippen molar-refractivity contribution < 1.29 is 14.3 Å². The standard InChI is InChI=1S/C13H13N3O3S2/c1-2-19-12(18)8-6-15-13(16-11(8)14)21-7-9(17)10-4-3-5-20-10/h3-6H,2,7H2,1H3,(H2,14,15,16). The Bertz CT molecular complexity index is 644. The third-order valence-corrected chi connectivity index (χ3v) is 4.19. The lowest BCUT2D eigenvalue weighted by Crippen LogP contribution is -2.11. The number of ketones is 1. The van der Waals surface area contributed by atoms with Crippen molar-refractivity contribution in [2.75, 3.05) is 18.1 Å². The van der Waals surface area contributed by atoms with Crippen LogP contribution in [0.5, 0.6) is 0 Å². The summed E-state index contributed by atoms with van der Waals surface area (Å²) in [6.45, 7) is 1.96. The van der Waals surface area contributed by atoms with Crippen molar-refractivity contribution in [1.82, 2.24) is 9.97 Å². The van der Waals surface area contributed by atoms with Crippen LogP contribution in [-0.4, -0.2) is 34.1 Å². The number of nitrogens with zero attached hydrogens (tertiary/aromatic N) is 2. The molecule has 0 aliphatic carbocycles. The van der Waals surface area contributed by atoms with E-state index in [4.69, 9.17) is 10.5 Å². The van der Waals surface area contributed by atoms with Gasteiger partial charge in [0.2, 0.25) is 0 Å². The van der Waals surface area contributed by atoms with E-state index in [2.05, 4.69) is 9.97 Å². The van der Waals surface area contributed by atoms with Gasteiger partial charge in [-0.1, -0.05) is 17.8 Å². The first-order valence-electron chi connectivity index (χ1n) is 6.11. The van der Waals surface area contributed by atoms with Gasteiger partial charge >= 0.3 is 5.97 Å². The third-order valence-electron chi connectivity index (χ3n) is 2.42. The van der Waals surface area contributed by atoms with E-state index in [1.807, 2.05) is 11.4 Å². The minimum Gasteiger partial charge on any atom is -0.462 e. The summed E-state index contributed by atoms with van der Waals surface area (Å²) in [5.74, 6) is -0.277. The van der Waals surface area contributed by atoms with E-state index in [0.717, 1.165) is 0 Å². The molecule has 0 amide bonds. The van der Waals surface area contributed by atoms with Gasteiger partial charge in [-0.25, -0.2) is 14.8 Å². The molecule has 0 aliphatic rings. The molecule has 8 heteroatoms. The molecule has 0 saturated heterocycles. The number of carbonyl (C=O) groups is 2. The molecular weight excluding hydrogens is 310 g/mol. The number of hydrogen-bond acceptors (Lipinski definition) is 8. The number of nitrogen functional groups attached to an aromatic ring is 1. The molecular formula is C13H13N3O3S2. The predicted molar refractivity (Wildman–Crippen MR) is 81.8 cm³/mol. The molecule has 110 valence electrons. The van der Waals surface area contributed by atoms with Crippen LogP contribution in [0.4, 0.5) is 5.82 Å². The molecule has 2 aromatic rings. The van der Waals surface area contributed by atoms with Gasteiger partial charge < -0.3 is 10.5 Å². The predicted octanol–water partition coefficient (Wildman–Crippen LogP) is 2.27. The molecule has 0 spiro atoms. The van der Waals surface area contributed by atoms with Gasteiger partial charge in [-0.2, -0.15) is 0 Å². The number of esters is 1. The van der Waals surface area contributed by atoms with Crippen LogP contribution in [0.1, 0.15) is 27.0 Å². The summed E-state index contributed by atoms with van der Waals surface area (Å²) in [6.07, 6.45) is 1.32. The fraction of sp³-hybridized carbons (Fsp3) is 0.231. The average Bonchev–Trinajstić information content (AvgIpc) is 2.99. The monoisotopic (exact) mass is 323 g/mol. The first-order valence-corrected chi connectivity index (χ1v) is 7.97. The van der Waals surface area contributed by atoms with Gasteiger partial charge in [0, 0.05) is 6.20 Å². The smallest absolute Gasteiger partial charge is 0.343 e. The third kappa shape index (κ3) is 4.02. The van der Waals surface area contributed by atoms with E-state index in [0.29, 0.717) is 10.0 Å². The molecule has 6 nitrogen and oxygen atoms in total. The maximum absolute atomic E-state index is 11.9. The number of thioether (sulfide) groups is 1. The lowest BCUT2D eigenvalue weighted by molar-refractivity contribution is 0.0526. The molecule has 2 rings (SSSR count). The van der Waals surface area contributed by atoms with Crippen LogP contribution in [0.25, 0.3) is 0 Å². The molecule has 2 heterocycles. The highest BCUT2D eigenvalue weighted by atomic mass is 32.2. The normalized spacial score (nSPS) is 10.3. The number of anilines is 1. The second-order valence-corrected chi connectivity index (χ2v) is 5.75. The van der Waals surface area contributed by atoms with E-state index in [9.17, 15) is 9.59 Å². The molecule has 0 atom stereocenters. The SMILES string of the molecule is CCOC(=O)c1cnc(SCC(=O)c2cccs2)nc1N. The van der Waals surface area contributed by atoms with Crippen molar-refractivity contribution in [3.63, 3.8) is 0 Å². The molecule has 0 bridgehead atoms. The van der Waals surface area contributed by atoms with Gasteiger partial charge in [0.15, 0.2) is 10.9 Å². The van der Waals surface area contributed by atoms with E-state index < -0.39 is 5.97 Å². The Morgan fingerprint density at radius 2 is 2.29 bits per heavy atom. The number of nitrogens with two attached hydrogens (primary N) is 1. The maximum Gasteiger partial charge on any atom is 0.343 e. The topological polar surface area (TPSA) is 95.2 Å². The van der Waals surface area contributed by atoms with Gasteiger partial charge in [-0.05, 0) is 18.4 Å². The summed E-state index contributed by atoms with van der Waals surface area (Å²) in [6, 6.07) is 3.60. The van der Waals surface area contributed by atoms with Gasteiger partial charge in [0.25, 0.3) is 0 Å². The highest BCUT2D eigenvalue weighted by molar-refractivity contribution is 7.99. The molecule has 21 heavy (non-hydrogen) atoms. The number of hydrogen-bond donors (Lipinski definition) is 1. The fourth-order valence-corrected chi connectivity index (χ4v) is 2.91. The number of ether oxygens (including phenoxy) is 1. The maximum atomic E-state index is 11.9. The first-order chi connectivity index (χ1) is 10.1. The van der Waals surface area contributed by atoms with E-state index >= 15 is 0 Å².